The van der Waals surface area contributed by atoms with E-state index in [2.05, 4.69) is 20.4 Å². The first-order valence-corrected chi connectivity index (χ1v) is 11.0. The molecule has 1 amide bonds. The Balaban J connectivity index is 1.45. The van der Waals surface area contributed by atoms with Gasteiger partial charge in [0, 0.05) is 50.0 Å². The SMILES string of the molecule is O=C(CNc1ccc(Cl)cc1)N/N=C\c1cn(Cc2ccc(Cl)cc2Cl)c2ccccc12. The molecule has 0 fully saturated rings. The van der Waals surface area contributed by atoms with E-state index < -0.39 is 0 Å². The lowest BCUT2D eigenvalue weighted by Gasteiger charge is -2.08. The number of benzene rings is 3. The fourth-order valence-corrected chi connectivity index (χ4v) is 3.90. The Hall–Kier alpha value is -2.99. The minimum Gasteiger partial charge on any atom is -0.376 e. The van der Waals surface area contributed by atoms with Gasteiger partial charge in [0.15, 0.2) is 0 Å². The van der Waals surface area contributed by atoms with Crippen molar-refractivity contribution in [1.82, 2.24) is 9.99 Å². The smallest absolute Gasteiger partial charge is 0.259 e. The number of carbonyl (C=O) groups excluding carboxylic acids is 1. The average molecular weight is 486 g/mol. The van der Waals surface area contributed by atoms with Gasteiger partial charge in [0.1, 0.15) is 0 Å². The molecule has 2 N–H and O–H groups in total. The number of hydrogen-bond donors (Lipinski definition) is 2. The van der Waals surface area contributed by atoms with Crippen molar-refractivity contribution in [2.24, 2.45) is 5.10 Å². The van der Waals surface area contributed by atoms with Crippen molar-refractivity contribution in [3.05, 3.63) is 99.1 Å². The second kappa shape index (κ2) is 10.1. The van der Waals surface area contributed by atoms with E-state index in [9.17, 15) is 4.79 Å². The summed E-state index contributed by atoms with van der Waals surface area (Å²) in [4.78, 5) is 12.1. The highest BCUT2D eigenvalue weighted by Crippen LogP contribution is 2.25. The molecule has 32 heavy (non-hydrogen) atoms. The van der Waals surface area contributed by atoms with Crippen LogP contribution in [0.5, 0.6) is 0 Å². The Labute approximate surface area is 200 Å². The van der Waals surface area contributed by atoms with Crippen LogP contribution in [0.25, 0.3) is 10.9 Å². The number of carbonyl (C=O) groups is 1. The Kier molecular flexibility index (Phi) is 7.00. The zero-order chi connectivity index (χ0) is 22.5. The fourth-order valence-electron chi connectivity index (χ4n) is 3.31. The highest BCUT2D eigenvalue weighted by Gasteiger charge is 2.09. The lowest BCUT2D eigenvalue weighted by molar-refractivity contribution is -0.119. The van der Waals surface area contributed by atoms with Gasteiger partial charge in [-0.05, 0) is 48.0 Å². The lowest BCUT2D eigenvalue weighted by Crippen LogP contribution is -2.25. The number of anilines is 1. The number of halogens is 3. The number of hydrazone groups is 1. The number of para-hydroxylation sites is 1. The van der Waals surface area contributed by atoms with Gasteiger partial charge in [0.2, 0.25) is 0 Å². The summed E-state index contributed by atoms with van der Waals surface area (Å²) >= 11 is 18.2. The topological polar surface area (TPSA) is 58.4 Å². The molecule has 162 valence electrons. The molecule has 0 bridgehead atoms. The first kappa shape index (κ1) is 22.2. The Morgan fingerprint density at radius 2 is 1.72 bits per heavy atom. The molecule has 4 rings (SSSR count). The fraction of sp³-hybridized carbons (Fsp3) is 0.0833. The zero-order valence-corrected chi connectivity index (χ0v) is 19.1. The number of fused-ring (bicyclic) bond motifs is 1. The Morgan fingerprint density at radius 3 is 2.50 bits per heavy atom. The zero-order valence-electron chi connectivity index (χ0n) is 16.9. The number of rotatable bonds is 7. The van der Waals surface area contributed by atoms with Gasteiger partial charge < -0.3 is 9.88 Å². The van der Waals surface area contributed by atoms with Crippen LogP contribution in [-0.4, -0.2) is 23.2 Å². The number of hydrogen-bond acceptors (Lipinski definition) is 3. The number of nitrogens with zero attached hydrogens (tertiary/aromatic N) is 2. The molecule has 0 aliphatic carbocycles. The van der Waals surface area contributed by atoms with Crippen molar-refractivity contribution in [1.29, 1.82) is 0 Å². The third-order valence-corrected chi connectivity index (χ3v) is 5.70. The average Bonchev–Trinajstić information content (AvgIpc) is 3.13. The van der Waals surface area contributed by atoms with Crippen LogP contribution in [0.3, 0.4) is 0 Å². The van der Waals surface area contributed by atoms with Gasteiger partial charge in [-0.15, -0.1) is 0 Å². The highest BCUT2D eigenvalue weighted by atomic mass is 35.5. The standard InChI is InChI=1S/C24H19Cl3N4O/c25-18-7-9-20(10-8-18)28-13-24(32)30-29-12-17-15-31(23-4-2-1-3-21(17)23)14-16-5-6-19(26)11-22(16)27/h1-12,15,28H,13-14H2,(H,30,32)/b29-12-. The molecule has 5 nitrogen and oxygen atoms in total. The summed E-state index contributed by atoms with van der Waals surface area (Å²) in [5.74, 6) is -0.257. The van der Waals surface area contributed by atoms with E-state index in [0.717, 1.165) is 27.7 Å². The summed E-state index contributed by atoms with van der Waals surface area (Å²) in [6.07, 6.45) is 3.62. The molecular weight excluding hydrogens is 467 g/mol. The second-order valence-electron chi connectivity index (χ2n) is 7.12. The monoisotopic (exact) mass is 484 g/mol. The number of amides is 1. The molecule has 0 unspecified atom stereocenters. The molecule has 4 aromatic rings. The summed E-state index contributed by atoms with van der Waals surface area (Å²) < 4.78 is 2.09. The van der Waals surface area contributed by atoms with Crippen molar-refractivity contribution >= 4 is 63.5 Å². The maximum absolute atomic E-state index is 12.1. The van der Waals surface area contributed by atoms with Gasteiger partial charge in [0.25, 0.3) is 5.91 Å². The van der Waals surface area contributed by atoms with Gasteiger partial charge in [-0.1, -0.05) is 59.1 Å². The molecule has 0 atom stereocenters. The molecule has 0 aliphatic heterocycles. The van der Waals surface area contributed by atoms with Crippen LogP contribution in [0.4, 0.5) is 5.69 Å². The normalized spacial score (nSPS) is 11.2. The minimum atomic E-state index is -0.257. The maximum atomic E-state index is 12.1. The van der Waals surface area contributed by atoms with Crippen molar-refractivity contribution in [2.45, 2.75) is 6.54 Å². The Morgan fingerprint density at radius 1 is 0.969 bits per heavy atom. The van der Waals surface area contributed by atoms with Crippen LogP contribution in [0, 0.1) is 0 Å². The van der Waals surface area contributed by atoms with Crippen molar-refractivity contribution in [3.63, 3.8) is 0 Å². The van der Waals surface area contributed by atoms with Gasteiger partial charge >= 0.3 is 0 Å². The quantitative estimate of drug-likeness (QED) is 0.241. The van der Waals surface area contributed by atoms with E-state index in [0.29, 0.717) is 21.6 Å². The van der Waals surface area contributed by atoms with Crippen LogP contribution in [-0.2, 0) is 11.3 Å². The predicted octanol–water partition coefficient (Wildman–Crippen LogP) is 6.21. The molecule has 0 saturated carbocycles. The summed E-state index contributed by atoms with van der Waals surface area (Å²) in [7, 11) is 0. The summed E-state index contributed by atoms with van der Waals surface area (Å²) in [6.45, 7) is 0.678. The highest BCUT2D eigenvalue weighted by molar-refractivity contribution is 6.35. The van der Waals surface area contributed by atoms with E-state index in [1.807, 2.05) is 42.6 Å². The molecular formula is C24H19Cl3N4O. The van der Waals surface area contributed by atoms with Crippen LogP contribution in [0.2, 0.25) is 15.1 Å². The van der Waals surface area contributed by atoms with Crippen molar-refractivity contribution < 1.29 is 4.79 Å². The minimum absolute atomic E-state index is 0.0931. The van der Waals surface area contributed by atoms with Gasteiger partial charge in [-0.2, -0.15) is 5.10 Å². The lowest BCUT2D eigenvalue weighted by atomic mass is 10.2. The summed E-state index contributed by atoms with van der Waals surface area (Å²) in [5.41, 5.74) is 6.24. The largest absolute Gasteiger partial charge is 0.376 e. The number of aromatic nitrogens is 1. The number of nitrogens with one attached hydrogen (secondary N) is 2. The first-order valence-electron chi connectivity index (χ1n) is 9.83. The van der Waals surface area contributed by atoms with E-state index in [-0.39, 0.29) is 12.5 Å². The molecule has 0 spiro atoms. The molecule has 3 aromatic carbocycles. The van der Waals surface area contributed by atoms with E-state index in [4.69, 9.17) is 34.8 Å². The molecule has 1 aromatic heterocycles. The molecule has 8 heteroatoms. The second-order valence-corrected chi connectivity index (χ2v) is 8.40. The van der Waals surface area contributed by atoms with Crippen LogP contribution in [0.15, 0.2) is 78.0 Å². The van der Waals surface area contributed by atoms with Crippen molar-refractivity contribution in [2.75, 3.05) is 11.9 Å². The van der Waals surface area contributed by atoms with Gasteiger partial charge in [-0.25, -0.2) is 5.43 Å². The van der Waals surface area contributed by atoms with E-state index in [1.54, 1.807) is 36.5 Å². The maximum Gasteiger partial charge on any atom is 0.259 e. The van der Waals surface area contributed by atoms with E-state index >= 15 is 0 Å². The van der Waals surface area contributed by atoms with E-state index in [1.165, 1.54) is 0 Å². The van der Waals surface area contributed by atoms with Crippen LogP contribution >= 0.6 is 34.8 Å². The summed E-state index contributed by atoms with van der Waals surface area (Å²) in [5, 5.41) is 10.0. The first-order chi connectivity index (χ1) is 15.5. The Bertz CT molecular complexity index is 1280. The van der Waals surface area contributed by atoms with Crippen molar-refractivity contribution in [3.8, 4) is 0 Å². The van der Waals surface area contributed by atoms with Crippen LogP contribution < -0.4 is 10.7 Å². The molecule has 0 radical (unpaired) electrons. The third-order valence-electron chi connectivity index (χ3n) is 4.87. The summed E-state index contributed by atoms with van der Waals surface area (Å²) in [6, 6.07) is 20.6. The predicted molar refractivity (Wildman–Crippen MR) is 133 cm³/mol. The molecule has 0 aliphatic rings. The molecule has 0 saturated heterocycles. The van der Waals surface area contributed by atoms with Crippen LogP contribution in [0.1, 0.15) is 11.1 Å². The molecule has 1 heterocycles. The third kappa shape index (κ3) is 5.43. The van der Waals surface area contributed by atoms with Gasteiger partial charge in [-0.3, -0.25) is 4.79 Å². The van der Waals surface area contributed by atoms with Gasteiger partial charge in [0.05, 0.1) is 12.8 Å².